The minimum atomic E-state index is 0.718. The zero-order chi connectivity index (χ0) is 19.3. The third kappa shape index (κ3) is 3.68. The number of nitrogens with zero attached hydrogens (tertiary/aromatic N) is 3. The molecule has 4 rings (SSSR count). The lowest BCUT2D eigenvalue weighted by molar-refractivity contribution is 0.416. The van der Waals surface area contributed by atoms with Crippen LogP contribution in [0, 0.1) is 0 Å². The second kappa shape index (κ2) is 8.10. The highest BCUT2D eigenvalue weighted by Gasteiger charge is 2.10. The van der Waals surface area contributed by atoms with Crippen LogP contribution in [-0.2, 0) is 0 Å². The van der Waals surface area contributed by atoms with Gasteiger partial charge in [-0.05, 0) is 31.2 Å². The first kappa shape index (κ1) is 18.0. The van der Waals surface area contributed by atoms with Crippen LogP contribution in [0.2, 0.25) is 0 Å². The fourth-order valence-corrected chi connectivity index (χ4v) is 3.63. The molecule has 0 saturated heterocycles. The molecule has 140 valence electrons. The lowest BCUT2D eigenvalue weighted by atomic mass is 10.2. The predicted octanol–water partition coefficient (Wildman–Crippen LogP) is 5.32. The Morgan fingerprint density at radius 3 is 2.54 bits per heavy atom. The molecule has 2 aromatic heterocycles. The summed E-state index contributed by atoms with van der Waals surface area (Å²) in [6, 6.07) is 21.6. The summed E-state index contributed by atoms with van der Waals surface area (Å²) in [5, 5.41) is 6.86. The number of hydrogen-bond donors (Lipinski definition) is 0. The molecule has 0 unspecified atom stereocenters. The summed E-state index contributed by atoms with van der Waals surface area (Å²) in [6.07, 6.45) is 1.64. The molecule has 0 N–H and O–H groups in total. The number of furan rings is 1. The first-order valence-corrected chi connectivity index (χ1v) is 9.67. The van der Waals surface area contributed by atoms with Gasteiger partial charge in [-0.2, -0.15) is 5.10 Å². The van der Waals surface area contributed by atoms with Crippen LogP contribution in [0.5, 0.6) is 5.75 Å². The Labute approximate surface area is 166 Å². The van der Waals surface area contributed by atoms with Crippen molar-refractivity contribution in [2.75, 3.05) is 7.11 Å². The van der Waals surface area contributed by atoms with Gasteiger partial charge in [-0.25, -0.2) is 9.67 Å². The van der Waals surface area contributed by atoms with Crippen molar-refractivity contribution in [3.63, 3.8) is 0 Å². The van der Waals surface area contributed by atoms with Gasteiger partial charge >= 0.3 is 0 Å². The lowest BCUT2D eigenvalue weighted by Crippen LogP contribution is -2.13. The van der Waals surface area contributed by atoms with E-state index in [1.807, 2.05) is 66.2 Å². The van der Waals surface area contributed by atoms with E-state index in [1.165, 1.54) is 11.3 Å². The molecule has 0 saturated carbocycles. The molecular weight excluding hydrogens is 370 g/mol. The Kier molecular flexibility index (Phi) is 5.21. The third-order valence-electron chi connectivity index (χ3n) is 4.18. The van der Waals surface area contributed by atoms with Crippen molar-refractivity contribution in [2.24, 2.45) is 10.1 Å². The van der Waals surface area contributed by atoms with Crippen LogP contribution in [0.25, 0.3) is 11.3 Å². The highest BCUT2D eigenvalue weighted by atomic mass is 32.1. The minimum Gasteiger partial charge on any atom is -0.494 e. The summed E-state index contributed by atoms with van der Waals surface area (Å²) in [7, 11) is 1.64. The van der Waals surface area contributed by atoms with Gasteiger partial charge in [0.25, 0.3) is 0 Å². The van der Waals surface area contributed by atoms with E-state index in [4.69, 9.17) is 19.2 Å². The van der Waals surface area contributed by atoms with Gasteiger partial charge < -0.3 is 9.15 Å². The normalized spacial score (nSPS) is 12.4. The quantitative estimate of drug-likeness (QED) is 0.434. The standard InChI is InChI=1S/C22H19N3O2S/c1-16(20-13-8-14-27-20)24-25-19(17-9-4-3-5-10-17)15-28-22(25)23-18-11-6-7-12-21(18)26-2/h3-15H,1-2H3/b23-22?,24-16-. The third-order valence-corrected chi connectivity index (χ3v) is 5.00. The van der Waals surface area contributed by atoms with E-state index in [0.717, 1.165) is 39.0 Å². The smallest absolute Gasteiger partial charge is 0.211 e. The molecule has 0 spiro atoms. The molecule has 0 amide bonds. The van der Waals surface area contributed by atoms with Crippen LogP contribution < -0.4 is 9.54 Å². The van der Waals surface area contributed by atoms with Gasteiger partial charge in [0.2, 0.25) is 4.80 Å². The zero-order valence-corrected chi connectivity index (χ0v) is 16.4. The second-order valence-electron chi connectivity index (χ2n) is 6.03. The average molecular weight is 389 g/mol. The molecule has 28 heavy (non-hydrogen) atoms. The molecule has 0 aliphatic heterocycles. The van der Waals surface area contributed by atoms with E-state index in [9.17, 15) is 0 Å². The predicted molar refractivity (Wildman–Crippen MR) is 112 cm³/mol. The Morgan fingerprint density at radius 1 is 1.00 bits per heavy atom. The summed E-state index contributed by atoms with van der Waals surface area (Å²) in [5.41, 5.74) is 3.55. The number of methoxy groups -OCH3 is 1. The van der Waals surface area contributed by atoms with Crippen LogP contribution in [0.1, 0.15) is 12.7 Å². The van der Waals surface area contributed by atoms with E-state index >= 15 is 0 Å². The largest absolute Gasteiger partial charge is 0.494 e. The van der Waals surface area contributed by atoms with Crippen LogP contribution >= 0.6 is 11.3 Å². The van der Waals surface area contributed by atoms with Gasteiger partial charge in [0.1, 0.15) is 22.9 Å². The van der Waals surface area contributed by atoms with Gasteiger partial charge in [-0.15, -0.1) is 11.3 Å². The van der Waals surface area contributed by atoms with Crippen LogP contribution in [0.4, 0.5) is 5.69 Å². The molecule has 6 heteroatoms. The van der Waals surface area contributed by atoms with Crippen LogP contribution in [0.15, 0.2) is 92.9 Å². The zero-order valence-electron chi connectivity index (χ0n) is 15.6. The summed E-state index contributed by atoms with van der Waals surface area (Å²) < 4.78 is 12.8. The molecule has 0 atom stereocenters. The van der Waals surface area contributed by atoms with Crippen molar-refractivity contribution in [3.05, 3.63) is 88.9 Å². The van der Waals surface area contributed by atoms with Crippen molar-refractivity contribution >= 4 is 22.7 Å². The SMILES string of the molecule is COc1ccccc1N=c1scc(-c2ccccc2)n1/N=C(/C)c1ccco1. The van der Waals surface area contributed by atoms with Crippen molar-refractivity contribution in [2.45, 2.75) is 6.92 Å². The van der Waals surface area contributed by atoms with Gasteiger partial charge in [0, 0.05) is 10.9 Å². The number of aromatic nitrogens is 1. The van der Waals surface area contributed by atoms with Gasteiger partial charge in [-0.3, -0.25) is 0 Å². The first-order valence-electron chi connectivity index (χ1n) is 8.79. The monoisotopic (exact) mass is 389 g/mol. The van der Waals surface area contributed by atoms with E-state index in [2.05, 4.69) is 17.5 Å². The minimum absolute atomic E-state index is 0.718. The summed E-state index contributed by atoms with van der Waals surface area (Å²) in [4.78, 5) is 5.56. The van der Waals surface area contributed by atoms with Gasteiger partial charge in [0.05, 0.1) is 19.1 Å². The van der Waals surface area contributed by atoms with E-state index in [-0.39, 0.29) is 0 Å². The molecule has 4 aromatic rings. The summed E-state index contributed by atoms with van der Waals surface area (Å²) >= 11 is 1.53. The van der Waals surface area contributed by atoms with E-state index < -0.39 is 0 Å². The van der Waals surface area contributed by atoms with Crippen LogP contribution in [0.3, 0.4) is 0 Å². The number of hydrogen-bond acceptors (Lipinski definition) is 5. The Bertz CT molecular complexity index is 1160. The van der Waals surface area contributed by atoms with Gasteiger partial charge in [-0.1, -0.05) is 42.5 Å². The molecule has 0 radical (unpaired) electrons. The maximum atomic E-state index is 5.49. The van der Waals surface area contributed by atoms with Gasteiger partial charge in [0.15, 0.2) is 0 Å². The number of thiazole rings is 1. The number of para-hydroxylation sites is 2. The number of benzene rings is 2. The molecule has 2 heterocycles. The van der Waals surface area contributed by atoms with Crippen LogP contribution in [-0.4, -0.2) is 17.5 Å². The maximum absolute atomic E-state index is 5.49. The van der Waals surface area contributed by atoms with Crippen molar-refractivity contribution < 1.29 is 9.15 Å². The summed E-state index contributed by atoms with van der Waals surface area (Å²) in [5.74, 6) is 1.44. The Balaban J connectivity index is 1.91. The number of ether oxygens (including phenoxy) is 1. The van der Waals surface area contributed by atoms with Crippen molar-refractivity contribution in [1.82, 2.24) is 4.68 Å². The molecule has 0 fully saturated rings. The average Bonchev–Trinajstić information content (AvgIpc) is 3.40. The van der Waals surface area contributed by atoms with Crippen molar-refractivity contribution in [1.29, 1.82) is 0 Å². The molecule has 5 nitrogen and oxygen atoms in total. The molecule has 0 bridgehead atoms. The summed E-state index contributed by atoms with van der Waals surface area (Å²) in [6.45, 7) is 1.92. The molecule has 0 aliphatic rings. The fraction of sp³-hybridized carbons (Fsp3) is 0.0909. The fourth-order valence-electron chi connectivity index (χ4n) is 2.79. The van der Waals surface area contributed by atoms with E-state index in [0.29, 0.717) is 0 Å². The topological polar surface area (TPSA) is 52.0 Å². The first-order chi connectivity index (χ1) is 13.8. The lowest BCUT2D eigenvalue weighted by Gasteiger charge is -2.06. The molecule has 0 aliphatic carbocycles. The van der Waals surface area contributed by atoms with Crippen molar-refractivity contribution in [3.8, 4) is 17.0 Å². The Hall–Kier alpha value is -3.38. The maximum Gasteiger partial charge on any atom is 0.211 e. The molecular formula is C22H19N3O2S. The highest BCUT2D eigenvalue weighted by Crippen LogP contribution is 2.27. The second-order valence-corrected chi connectivity index (χ2v) is 6.86. The Morgan fingerprint density at radius 2 is 1.79 bits per heavy atom. The molecule has 2 aromatic carbocycles. The number of rotatable bonds is 5. The highest BCUT2D eigenvalue weighted by molar-refractivity contribution is 7.07. The van der Waals surface area contributed by atoms with E-state index in [1.54, 1.807) is 13.4 Å².